The summed E-state index contributed by atoms with van der Waals surface area (Å²) in [5, 5.41) is 6.85. The Kier molecular flexibility index (Phi) is 1.88. The molecule has 0 bridgehead atoms. The fourth-order valence-electron chi connectivity index (χ4n) is 1.57. The summed E-state index contributed by atoms with van der Waals surface area (Å²) in [6.45, 7) is 5.81. The van der Waals surface area contributed by atoms with E-state index in [1.807, 2.05) is 0 Å². The quantitative estimate of drug-likeness (QED) is 0.453. The summed E-state index contributed by atoms with van der Waals surface area (Å²) in [5.74, 6) is 0. The Bertz CT molecular complexity index is 135. The summed E-state index contributed by atoms with van der Waals surface area (Å²) in [4.78, 5) is 0. The van der Waals surface area contributed by atoms with Crippen LogP contribution in [0.5, 0.6) is 0 Å². The van der Waals surface area contributed by atoms with E-state index >= 15 is 0 Å². The van der Waals surface area contributed by atoms with E-state index in [4.69, 9.17) is 0 Å². The van der Waals surface area contributed by atoms with E-state index < -0.39 is 0 Å². The molecular formula is C6H12IN3. The van der Waals surface area contributed by atoms with E-state index in [-0.39, 0.29) is 0 Å². The molecule has 0 atom stereocenters. The average Bonchev–Trinajstić information content (AvgIpc) is 1.85. The average molecular weight is 253 g/mol. The molecule has 2 fully saturated rings. The molecule has 0 saturated carbocycles. The third-order valence-corrected chi connectivity index (χ3v) is 3.08. The zero-order valence-electron chi connectivity index (χ0n) is 5.86. The third-order valence-electron chi connectivity index (χ3n) is 2.26. The molecule has 0 unspecified atom stereocenters. The number of rotatable bonds is 0. The molecule has 58 valence electrons. The van der Waals surface area contributed by atoms with Crippen LogP contribution < -0.4 is 10.6 Å². The Morgan fingerprint density at radius 2 is 2.20 bits per heavy atom. The van der Waals surface area contributed by atoms with Crippen molar-refractivity contribution in [2.45, 2.75) is 5.54 Å². The maximum Gasteiger partial charge on any atom is 0.0569 e. The first kappa shape index (κ1) is 7.27. The van der Waals surface area contributed by atoms with Crippen LogP contribution in [0.1, 0.15) is 0 Å². The highest BCUT2D eigenvalue weighted by molar-refractivity contribution is 14.1. The van der Waals surface area contributed by atoms with Crippen LogP contribution >= 0.6 is 22.9 Å². The molecule has 0 aromatic heterocycles. The van der Waals surface area contributed by atoms with E-state index in [1.165, 1.54) is 13.1 Å². The summed E-state index contributed by atoms with van der Waals surface area (Å²) >= 11 is 2.40. The van der Waals surface area contributed by atoms with E-state index in [2.05, 4.69) is 36.6 Å². The number of hydrogen-bond donors (Lipinski definition) is 2. The molecule has 2 heterocycles. The van der Waals surface area contributed by atoms with Gasteiger partial charge in [0.2, 0.25) is 0 Å². The monoisotopic (exact) mass is 253 g/mol. The number of piperazine rings is 1. The van der Waals surface area contributed by atoms with Gasteiger partial charge in [0.05, 0.1) is 5.54 Å². The highest BCUT2D eigenvalue weighted by Gasteiger charge is 2.39. The Morgan fingerprint density at radius 3 is 2.60 bits per heavy atom. The van der Waals surface area contributed by atoms with Crippen LogP contribution in [0.15, 0.2) is 0 Å². The molecule has 4 heteroatoms. The molecule has 10 heavy (non-hydrogen) atoms. The Balaban J connectivity index is 1.96. The van der Waals surface area contributed by atoms with Crippen molar-refractivity contribution < 1.29 is 0 Å². The van der Waals surface area contributed by atoms with Crippen molar-refractivity contribution in [3.05, 3.63) is 0 Å². The first-order valence-corrected chi connectivity index (χ1v) is 4.64. The fraction of sp³-hybridized carbons (Fsp3) is 1.00. The second-order valence-corrected chi connectivity index (χ2v) is 4.52. The fourth-order valence-corrected chi connectivity index (χ4v) is 2.46. The lowest BCUT2D eigenvalue weighted by molar-refractivity contribution is 0.152. The molecule has 0 aliphatic carbocycles. The van der Waals surface area contributed by atoms with Gasteiger partial charge in [-0.2, -0.15) is 0 Å². The topological polar surface area (TPSA) is 27.3 Å². The van der Waals surface area contributed by atoms with Gasteiger partial charge >= 0.3 is 0 Å². The third kappa shape index (κ3) is 1.17. The minimum absolute atomic E-state index is 0.430. The second kappa shape index (κ2) is 2.58. The number of halogens is 1. The molecule has 2 aliphatic heterocycles. The molecular weight excluding hydrogens is 241 g/mol. The largest absolute Gasteiger partial charge is 0.313 e. The lowest BCUT2D eigenvalue weighted by Crippen LogP contribution is -2.74. The van der Waals surface area contributed by atoms with Gasteiger partial charge in [-0.15, -0.1) is 0 Å². The molecule has 0 aromatic carbocycles. The Labute approximate surface area is 75.0 Å². The molecule has 0 aromatic rings. The first-order chi connectivity index (χ1) is 4.81. The van der Waals surface area contributed by atoms with Crippen molar-refractivity contribution in [3.8, 4) is 0 Å². The van der Waals surface area contributed by atoms with Gasteiger partial charge in [-0.25, -0.2) is 3.11 Å². The van der Waals surface area contributed by atoms with E-state index in [0.29, 0.717) is 5.54 Å². The first-order valence-electron chi connectivity index (χ1n) is 3.67. The zero-order valence-corrected chi connectivity index (χ0v) is 8.02. The van der Waals surface area contributed by atoms with Gasteiger partial charge in [0, 0.05) is 55.6 Å². The molecule has 2 N–H and O–H groups in total. The standard InChI is InChI=1S/C6H12IN3/c7-10-2-1-9-6(5-10)3-8-4-6/h8-9H,1-5H2. The van der Waals surface area contributed by atoms with Gasteiger partial charge in [0.25, 0.3) is 0 Å². The Hall–Kier alpha value is 0.610. The lowest BCUT2D eigenvalue weighted by Gasteiger charge is -2.48. The number of nitrogens with one attached hydrogen (secondary N) is 2. The second-order valence-electron chi connectivity index (χ2n) is 3.16. The summed E-state index contributed by atoms with van der Waals surface area (Å²) in [5.41, 5.74) is 0.430. The van der Waals surface area contributed by atoms with Crippen LogP contribution in [0, 0.1) is 0 Å². The minimum Gasteiger partial charge on any atom is -0.313 e. The van der Waals surface area contributed by atoms with Crippen LogP contribution in [0.25, 0.3) is 0 Å². The van der Waals surface area contributed by atoms with E-state index in [9.17, 15) is 0 Å². The van der Waals surface area contributed by atoms with Gasteiger partial charge in [0.15, 0.2) is 0 Å². The van der Waals surface area contributed by atoms with Gasteiger partial charge in [-0.3, -0.25) is 0 Å². The molecule has 3 nitrogen and oxygen atoms in total. The van der Waals surface area contributed by atoms with Crippen molar-refractivity contribution in [3.63, 3.8) is 0 Å². The molecule has 0 amide bonds. The van der Waals surface area contributed by atoms with E-state index in [0.717, 1.165) is 19.6 Å². The number of hydrogen-bond acceptors (Lipinski definition) is 3. The summed E-state index contributed by atoms with van der Waals surface area (Å²) < 4.78 is 2.37. The highest BCUT2D eigenvalue weighted by Crippen LogP contribution is 2.18. The molecule has 1 spiro atoms. The van der Waals surface area contributed by atoms with Gasteiger partial charge in [-0.05, 0) is 0 Å². The lowest BCUT2D eigenvalue weighted by atomic mass is 9.91. The van der Waals surface area contributed by atoms with Gasteiger partial charge < -0.3 is 10.6 Å². The maximum atomic E-state index is 3.55. The molecule has 2 saturated heterocycles. The van der Waals surface area contributed by atoms with Gasteiger partial charge in [0.1, 0.15) is 0 Å². The zero-order chi connectivity index (χ0) is 7.03. The van der Waals surface area contributed by atoms with Gasteiger partial charge in [-0.1, -0.05) is 0 Å². The predicted octanol–water partition coefficient (Wildman–Crippen LogP) is -0.416. The van der Waals surface area contributed by atoms with Crippen molar-refractivity contribution in [1.29, 1.82) is 0 Å². The summed E-state index contributed by atoms with van der Waals surface area (Å²) in [7, 11) is 0. The van der Waals surface area contributed by atoms with Crippen molar-refractivity contribution in [2.75, 3.05) is 32.7 Å². The molecule has 2 rings (SSSR count). The maximum absolute atomic E-state index is 3.55. The predicted molar refractivity (Wildman–Crippen MR) is 49.2 cm³/mol. The minimum atomic E-state index is 0.430. The highest BCUT2D eigenvalue weighted by atomic mass is 127. The van der Waals surface area contributed by atoms with Crippen molar-refractivity contribution in [2.24, 2.45) is 0 Å². The molecule has 0 radical (unpaired) electrons. The van der Waals surface area contributed by atoms with Crippen LogP contribution in [-0.4, -0.2) is 41.4 Å². The SMILES string of the molecule is IN1CCNC2(CNC2)C1. The van der Waals surface area contributed by atoms with E-state index in [1.54, 1.807) is 0 Å². The van der Waals surface area contributed by atoms with Crippen LogP contribution in [0.3, 0.4) is 0 Å². The van der Waals surface area contributed by atoms with Crippen molar-refractivity contribution in [1.82, 2.24) is 13.7 Å². The molecule has 2 aliphatic rings. The number of nitrogens with zero attached hydrogens (tertiary/aromatic N) is 1. The Morgan fingerprint density at radius 1 is 1.40 bits per heavy atom. The smallest absolute Gasteiger partial charge is 0.0569 e. The van der Waals surface area contributed by atoms with Crippen LogP contribution in [0.4, 0.5) is 0 Å². The van der Waals surface area contributed by atoms with Crippen LogP contribution in [0.2, 0.25) is 0 Å². The summed E-state index contributed by atoms with van der Waals surface area (Å²) in [6, 6.07) is 0. The summed E-state index contributed by atoms with van der Waals surface area (Å²) in [6.07, 6.45) is 0. The normalized spacial score (nSPS) is 32.1. The van der Waals surface area contributed by atoms with Crippen molar-refractivity contribution >= 4 is 22.9 Å². The van der Waals surface area contributed by atoms with Crippen LogP contribution in [-0.2, 0) is 0 Å².